The average molecular weight is 319 g/mol. The summed E-state index contributed by atoms with van der Waals surface area (Å²) in [5, 5.41) is 6.32. The summed E-state index contributed by atoms with van der Waals surface area (Å²) in [7, 11) is 3.35. The van der Waals surface area contributed by atoms with E-state index in [2.05, 4.69) is 41.7 Å². The van der Waals surface area contributed by atoms with Gasteiger partial charge in [-0.05, 0) is 41.5 Å². The van der Waals surface area contributed by atoms with Crippen molar-refractivity contribution in [1.29, 1.82) is 0 Å². The van der Waals surface area contributed by atoms with Crippen LogP contribution in [0.15, 0.2) is 48.5 Å². The maximum atomic E-state index is 5.53. The summed E-state index contributed by atoms with van der Waals surface area (Å²) in [5.74, 6) is 1.55. The minimum absolute atomic E-state index is 0.693. The third-order valence-electron chi connectivity index (χ3n) is 4.83. The van der Waals surface area contributed by atoms with Crippen molar-refractivity contribution in [3.8, 4) is 11.5 Å². The summed E-state index contributed by atoms with van der Waals surface area (Å²) in [6.07, 6.45) is 2.31. The number of para-hydroxylation sites is 1. The van der Waals surface area contributed by atoms with Gasteiger partial charge in [0.25, 0.3) is 0 Å². The third kappa shape index (κ3) is 2.37. The Hall–Kier alpha value is -2.68. The highest BCUT2D eigenvalue weighted by atomic mass is 16.5. The first-order valence-corrected chi connectivity index (χ1v) is 8.29. The highest BCUT2D eigenvalue weighted by molar-refractivity contribution is 5.99. The zero-order valence-corrected chi connectivity index (χ0v) is 14.1. The monoisotopic (exact) mass is 319 g/mol. The molecule has 3 heteroatoms. The van der Waals surface area contributed by atoms with Gasteiger partial charge in [0.1, 0.15) is 0 Å². The largest absolute Gasteiger partial charge is 0.493 e. The fourth-order valence-corrected chi connectivity index (χ4v) is 3.68. The molecule has 0 aromatic heterocycles. The molecule has 4 rings (SSSR count). The lowest BCUT2D eigenvalue weighted by Crippen LogP contribution is -2.03. The molecule has 3 nitrogen and oxygen atoms in total. The predicted molar refractivity (Wildman–Crippen MR) is 98.2 cm³/mol. The Balaban J connectivity index is 1.67. The number of aryl methyl sites for hydroxylation is 2. The van der Waals surface area contributed by atoms with Crippen LogP contribution in [-0.4, -0.2) is 14.2 Å². The molecule has 0 saturated heterocycles. The van der Waals surface area contributed by atoms with Gasteiger partial charge in [0, 0.05) is 23.2 Å². The van der Waals surface area contributed by atoms with Crippen LogP contribution in [0.25, 0.3) is 10.8 Å². The second-order valence-electron chi connectivity index (χ2n) is 6.12. The van der Waals surface area contributed by atoms with Gasteiger partial charge in [0.05, 0.1) is 14.2 Å². The molecule has 0 spiro atoms. The minimum atomic E-state index is 0.693. The molecule has 0 aliphatic heterocycles. The highest BCUT2D eigenvalue weighted by Crippen LogP contribution is 2.36. The molecule has 0 saturated carbocycles. The van der Waals surface area contributed by atoms with Gasteiger partial charge in [-0.1, -0.05) is 36.4 Å². The molecule has 3 aromatic carbocycles. The van der Waals surface area contributed by atoms with Crippen molar-refractivity contribution in [3.63, 3.8) is 0 Å². The van der Waals surface area contributed by atoms with Crippen LogP contribution in [-0.2, 0) is 19.4 Å². The number of hydrogen-bond donors (Lipinski definition) is 1. The highest BCUT2D eigenvalue weighted by Gasteiger charge is 2.16. The van der Waals surface area contributed by atoms with Crippen LogP contribution in [0, 0.1) is 0 Å². The maximum absolute atomic E-state index is 5.53. The van der Waals surface area contributed by atoms with E-state index in [4.69, 9.17) is 9.47 Å². The molecular formula is C21H21NO2. The van der Waals surface area contributed by atoms with E-state index in [-0.39, 0.29) is 0 Å². The number of methoxy groups -OCH3 is 2. The number of nitrogens with one attached hydrogen (secondary N) is 1. The van der Waals surface area contributed by atoms with E-state index in [1.54, 1.807) is 14.2 Å². The topological polar surface area (TPSA) is 30.5 Å². The number of anilines is 1. The van der Waals surface area contributed by atoms with Crippen molar-refractivity contribution in [2.24, 2.45) is 0 Å². The van der Waals surface area contributed by atoms with Crippen LogP contribution in [0.3, 0.4) is 0 Å². The zero-order valence-electron chi connectivity index (χ0n) is 14.1. The Kier molecular flexibility index (Phi) is 3.77. The SMILES string of the molecule is COc1cccc(CNc2ccc3c4c(cccc24)CC3)c1OC. The van der Waals surface area contributed by atoms with E-state index in [0.717, 1.165) is 29.9 Å². The van der Waals surface area contributed by atoms with E-state index in [9.17, 15) is 0 Å². The molecule has 3 aromatic rings. The third-order valence-corrected chi connectivity index (χ3v) is 4.83. The Morgan fingerprint density at radius 2 is 1.67 bits per heavy atom. The van der Waals surface area contributed by atoms with Gasteiger partial charge in [-0.2, -0.15) is 0 Å². The summed E-state index contributed by atoms with van der Waals surface area (Å²) < 4.78 is 10.9. The van der Waals surface area contributed by atoms with E-state index >= 15 is 0 Å². The first-order chi connectivity index (χ1) is 11.8. The zero-order chi connectivity index (χ0) is 16.5. The predicted octanol–water partition coefficient (Wildman–Crippen LogP) is 4.57. The molecule has 0 amide bonds. The van der Waals surface area contributed by atoms with Crippen LogP contribution in [0.5, 0.6) is 11.5 Å². The Morgan fingerprint density at radius 1 is 0.875 bits per heavy atom. The van der Waals surface area contributed by atoms with Gasteiger partial charge >= 0.3 is 0 Å². The fourth-order valence-electron chi connectivity index (χ4n) is 3.68. The number of hydrogen-bond acceptors (Lipinski definition) is 3. The molecule has 24 heavy (non-hydrogen) atoms. The fraction of sp³-hybridized carbons (Fsp3) is 0.238. The van der Waals surface area contributed by atoms with Crippen LogP contribution in [0.1, 0.15) is 16.7 Å². The maximum Gasteiger partial charge on any atom is 0.165 e. The molecule has 1 aliphatic rings. The first kappa shape index (κ1) is 14.9. The molecule has 0 heterocycles. The van der Waals surface area contributed by atoms with Gasteiger partial charge in [-0.25, -0.2) is 0 Å². The molecule has 0 radical (unpaired) electrons. The summed E-state index contributed by atoms with van der Waals surface area (Å²) >= 11 is 0. The molecule has 1 N–H and O–H groups in total. The van der Waals surface area contributed by atoms with Crippen LogP contribution in [0.4, 0.5) is 5.69 Å². The minimum Gasteiger partial charge on any atom is -0.493 e. The molecule has 0 unspecified atom stereocenters. The summed E-state index contributed by atoms with van der Waals surface area (Å²) in [4.78, 5) is 0. The molecular weight excluding hydrogens is 298 g/mol. The molecule has 0 fully saturated rings. The van der Waals surface area contributed by atoms with E-state index in [0.29, 0.717) is 6.54 Å². The van der Waals surface area contributed by atoms with E-state index < -0.39 is 0 Å². The smallest absolute Gasteiger partial charge is 0.165 e. The molecule has 0 bridgehead atoms. The lowest BCUT2D eigenvalue weighted by Gasteiger charge is -2.15. The van der Waals surface area contributed by atoms with E-state index in [1.165, 1.54) is 27.6 Å². The second-order valence-corrected chi connectivity index (χ2v) is 6.12. The first-order valence-electron chi connectivity index (χ1n) is 8.29. The quantitative estimate of drug-likeness (QED) is 0.747. The average Bonchev–Trinajstić information content (AvgIpc) is 3.05. The Labute approximate surface area is 142 Å². The number of benzene rings is 3. The lowest BCUT2D eigenvalue weighted by molar-refractivity contribution is 0.352. The van der Waals surface area contributed by atoms with Crippen molar-refractivity contribution in [2.45, 2.75) is 19.4 Å². The Morgan fingerprint density at radius 3 is 2.46 bits per heavy atom. The standard InChI is InChI=1S/C21H21NO2/c1-23-19-8-4-6-16(21(19)24-2)13-22-18-12-11-15-10-9-14-5-3-7-17(18)20(14)15/h3-8,11-12,22H,9-10,13H2,1-2H3. The molecule has 1 aliphatic carbocycles. The summed E-state index contributed by atoms with van der Waals surface area (Å²) in [6, 6.07) is 17.0. The molecule has 122 valence electrons. The van der Waals surface area contributed by atoms with Crippen molar-refractivity contribution in [2.75, 3.05) is 19.5 Å². The van der Waals surface area contributed by atoms with Crippen molar-refractivity contribution >= 4 is 16.5 Å². The van der Waals surface area contributed by atoms with Crippen molar-refractivity contribution in [3.05, 3.63) is 65.2 Å². The normalized spacial score (nSPS) is 12.4. The van der Waals surface area contributed by atoms with E-state index in [1.807, 2.05) is 12.1 Å². The van der Waals surface area contributed by atoms with Crippen molar-refractivity contribution in [1.82, 2.24) is 0 Å². The summed E-state index contributed by atoms with van der Waals surface area (Å²) in [6.45, 7) is 0.693. The van der Waals surface area contributed by atoms with Gasteiger partial charge in [0.2, 0.25) is 0 Å². The number of ether oxygens (including phenoxy) is 2. The van der Waals surface area contributed by atoms with Crippen LogP contribution >= 0.6 is 0 Å². The van der Waals surface area contributed by atoms with Gasteiger partial charge in [-0.15, -0.1) is 0 Å². The molecule has 0 atom stereocenters. The van der Waals surface area contributed by atoms with Crippen molar-refractivity contribution < 1.29 is 9.47 Å². The van der Waals surface area contributed by atoms with Gasteiger partial charge in [-0.3, -0.25) is 0 Å². The van der Waals surface area contributed by atoms with Crippen LogP contribution in [0.2, 0.25) is 0 Å². The van der Waals surface area contributed by atoms with Gasteiger partial charge in [0.15, 0.2) is 11.5 Å². The second kappa shape index (κ2) is 6.08. The summed E-state index contributed by atoms with van der Waals surface area (Å²) in [5.41, 5.74) is 5.18. The van der Waals surface area contributed by atoms with Gasteiger partial charge < -0.3 is 14.8 Å². The Bertz CT molecular complexity index is 891. The number of rotatable bonds is 5. The lowest BCUT2D eigenvalue weighted by atomic mass is 10.0. The van der Waals surface area contributed by atoms with Crippen LogP contribution < -0.4 is 14.8 Å².